The lowest BCUT2D eigenvalue weighted by Gasteiger charge is -2.09. The molecule has 0 spiro atoms. The van der Waals surface area contributed by atoms with Crippen molar-refractivity contribution in [1.29, 1.82) is 0 Å². The van der Waals surface area contributed by atoms with E-state index in [4.69, 9.17) is 0 Å². The van der Waals surface area contributed by atoms with Crippen LogP contribution in [0.1, 0.15) is 28.7 Å². The Morgan fingerprint density at radius 1 is 1.12 bits per heavy atom. The monoisotopic (exact) mass is 213 g/mol. The van der Waals surface area contributed by atoms with Crippen molar-refractivity contribution in [3.63, 3.8) is 0 Å². The van der Waals surface area contributed by atoms with Gasteiger partial charge >= 0.3 is 0 Å². The van der Waals surface area contributed by atoms with E-state index >= 15 is 0 Å². The van der Waals surface area contributed by atoms with E-state index in [1.165, 1.54) is 11.3 Å². The number of aryl methyl sites for hydroxylation is 1. The average Bonchev–Trinajstić information content (AvgIpc) is 2.72. The minimum Gasteiger partial charge on any atom is -0.338 e. The minimum absolute atomic E-state index is 0.751. The van der Waals surface area contributed by atoms with Crippen molar-refractivity contribution in [3.8, 4) is 0 Å². The molecule has 0 saturated carbocycles. The third-order valence-electron chi connectivity index (χ3n) is 2.77. The maximum absolute atomic E-state index is 10.9. The van der Waals surface area contributed by atoms with E-state index in [1.54, 1.807) is 0 Å². The lowest BCUT2D eigenvalue weighted by atomic mass is 10.2. The summed E-state index contributed by atoms with van der Waals surface area (Å²) in [5, 5.41) is 0. The van der Waals surface area contributed by atoms with Gasteiger partial charge in [-0.2, -0.15) is 0 Å². The molecule has 1 aromatic carbocycles. The molecule has 0 saturated heterocycles. The topological polar surface area (TPSA) is 22.0 Å². The van der Waals surface area contributed by atoms with Gasteiger partial charge < -0.3 is 4.57 Å². The van der Waals surface area contributed by atoms with Crippen LogP contribution >= 0.6 is 0 Å². The lowest BCUT2D eigenvalue weighted by molar-refractivity contribution is 0.111. The molecule has 0 atom stereocenters. The van der Waals surface area contributed by atoms with Crippen LogP contribution < -0.4 is 0 Å². The molecule has 0 N–H and O–H groups in total. The van der Waals surface area contributed by atoms with E-state index in [9.17, 15) is 4.79 Å². The molecule has 0 aliphatic heterocycles. The number of aldehydes is 1. The summed E-state index contributed by atoms with van der Waals surface area (Å²) in [6.07, 6.45) is 1.86. The Morgan fingerprint density at radius 3 is 2.50 bits per heavy atom. The maximum Gasteiger partial charge on any atom is 0.166 e. The van der Waals surface area contributed by atoms with Crippen molar-refractivity contribution >= 4 is 6.29 Å². The number of hydrogen-bond donors (Lipinski definition) is 0. The van der Waals surface area contributed by atoms with Gasteiger partial charge in [0, 0.05) is 12.2 Å². The second-order valence-corrected chi connectivity index (χ2v) is 3.79. The fourth-order valence-electron chi connectivity index (χ4n) is 1.90. The van der Waals surface area contributed by atoms with E-state index in [0.717, 1.165) is 24.9 Å². The van der Waals surface area contributed by atoms with Gasteiger partial charge in [0.25, 0.3) is 0 Å². The number of carbonyl (C=O) groups excluding carboxylic acids is 1. The molecule has 0 amide bonds. The van der Waals surface area contributed by atoms with Gasteiger partial charge in [0.2, 0.25) is 0 Å². The van der Waals surface area contributed by atoms with E-state index in [2.05, 4.69) is 23.6 Å². The van der Waals surface area contributed by atoms with Crippen LogP contribution in [0.15, 0.2) is 42.5 Å². The first-order valence-electron chi connectivity index (χ1n) is 5.52. The molecule has 82 valence electrons. The third kappa shape index (κ3) is 2.06. The molecular formula is C14H15NO. The van der Waals surface area contributed by atoms with Crippen molar-refractivity contribution in [3.05, 3.63) is 59.4 Å². The molecule has 0 fully saturated rings. The summed E-state index contributed by atoms with van der Waals surface area (Å²) < 4.78 is 2.07. The summed E-state index contributed by atoms with van der Waals surface area (Å²) in [4.78, 5) is 10.9. The summed E-state index contributed by atoms with van der Waals surface area (Å²) in [6, 6.07) is 14.1. The van der Waals surface area contributed by atoms with Crippen LogP contribution in [-0.2, 0) is 13.0 Å². The number of aromatic nitrogens is 1. The molecule has 2 rings (SSSR count). The summed E-state index contributed by atoms with van der Waals surface area (Å²) in [6.45, 7) is 2.87. The highest BCUT2D eigenvalue weighted by Crippen LogP contribution is 2.12. The molecule has 0 aliphatic rings. The number of nitrogens with zero attached hydrogens (tertiary/aromatic N) is 1. The van der Waals surface area contributed by atoms with Crippen molar-refractivity contribution in [2.24, 2.45) is 0 Å². The minimum atomic E-state index is 0.751. The van der Waals surface area contributed by atoms with Crippen LogP contribution in [0.25, 0.3) is 0 Å². The van der Waals surface area contributed by atoms with Crippen LogP contribution in [0, 0.1) is 0 Å². The Morgan fingerprint density at radius 2 is 1.88 bits per heavy atom. The highest BCUT2D eigenvalue weighted by atomic mass is 16.1. The normalized spacial score (nSPS) is 10.3. The Kier molecular flexibility index (Phi) is 3.20. The van der Waals surface area contributed by atoms with Crippen molar-refractivity contribution < 1.29 is 4.79 Å². The van der Waals surface area contributed by atoms with Crippen LogP contribution in [0.4, 0.5) is 0 Å². The molecule has 2 aromatic rings. The van der Waals surface area contributed by atoms with Gasteiger partial charge in [0.05, 0.1) is 5.69 Å². The standard InChI is InChI=1S/C14H15NO/c1-2-13-8-9-14(11-16)15(13)10-12-6-4-3-5-7-12/h3-9,11H,2,10H2,1H3. The largest absolute Gasteiger partial charge is 0.338 e. The molecule has 1 heterocycles. The first kappa shape index (κ1) is 10.7. The molecule has 1 aromatic heterocycles. The molecule has 2 nitrogen and oxygen atoms in total. The summed E-state index contributed by atoms with van der Waals surface area (Å²) in [5.41, 5.74) is 3.17. The molecule has 2 heteroatoms. The van der Waals surface area contributed by atoms with Gasteiger partial charge in [0.1, 0.15) is 0 Å². The zero-order valence-corrected chi connectivity index (χ0v) is 9.39. The van der Waals surface area contributed by atoms with Gasteiger partial charge in [-0.1, -0.05) is 37.3 Å². The number of benzene rings is 1. The van der Waals surface area contributed by atoms with E-state index in [-0.39, 0.29) is 0 Å². The van der Waals surface area contributed by atoms with Gasteiger partial charge in [-0.15, -0.1) is 0 Å². The predicted octanol–water partition coefficient (Wildman–Crippen LogP) is 2.91. The Bertz CT molecular complexity index is 471. The molecular weight excluding hydrogens is 198 g/mol. The SMILES string of the molecule is CCc1ccc(C=O)n1Cc1ccccc1. The van der Waals surface area contributed by atoms with Crippen LogP contribution in [0.3, 0.4) is 0 Å². The highest BCUT2D eigenvalue weighted by Gasteiger charge is 2.06. The van der Waals surface area contributed by atoms with Gasteiger partial charge in [-0.25, -0.2) is 0 Å². The second kappa shape index (κ2) is 4.79. The third-order valence-corrected chi connectivity index (χ3v) is 2.77. The Hall–Kier alpha value is -1.83. The van der Waals surface area contributed by atoms with E-state index in [0.29, 0.717) is 0 Å². The molecule has 16 heavy (non-hydrogen) atoms. The van der Waals surface area contributed by atoms with Crippen molar-refractivity contribution in [1.82, 2.24) is 4.57 Å². The number of rotatable bonds is 4. The summed E-state index contributed by atoms with van der Waals surface area (Å²) in [5.74, 6) is 0. The first-order chi connectivity index (χ1) is 7.85. The summed E-state index contributed by atoms with van der Waals surface area (Å²) in [7, 11) is 0. The number of carbonyl (C=O) groups is 1. The molecule has 0 unspecified atom stereocenters. The molecule has 0 bridgehead atoms. The Labute approximate surface area is 95.5 Å². The highest BCUT2D eigenvalue weighted by molar-refractivity contribution is 5.72. The zero-order valence-electron chi connectivity index (χ0n) is 9.39. The van der Waals surface area contributed by atoms with E-state index < -0.39 is 0 Å². The van der Waals surface area contributed by atoms with Crippen LogP contribution in [-0.4, -0.2) is 10.9 Å². The van der Waals surface area contributed by atoms with Gasteiger partial charge in [-0.3, -0.25) is 4.79 Å². The predicted molar refractivity (Wildman–Crippen MR) is 64.7 cm³/mol. The van der Waals surface area contributed by atoms with Crippen molar-refractivity contribution in [2.75, 3.05) is 0 Å². The smallest absolute Gasteiger partial charge is 0.166 e. The van der Waals surface area contributed by atoms with Crippen molar-refractivity contribution in [2.45, 2.75) is 19.9 Å². The van der Waals surface area contributed by atoms with Crippen LogP contribution in [0.5, 0.6) is 0 Å². The molecule has 0 radical (unpaired) electrons. The number of hydrogen-bond acceptors (Lipinski definition) is 1. The van der Waals surface area contributed by atoms with E-state index in [1.807, 2.05) is 30.3 Å². The van der Waals surface area contributed by atoms with Gasteiger partial charge in [0.15, 0.2) is 6.29 Å². The Balaban J connectivity index is 2.33. The summed E-state index contributed by atoms with van der Waals surface area (Å²) >= 11 is 0. The average molecular weight is 213 g/mol. The zero-order chi connectivity index (χ0) is 11.4. The second-order valence-electron chi connectivity index (χ2n) is 3.79. The fraction of sp³-hybridized carbons (Fsp3) is 0.214. The lowest BCUT2D eigenvalue weighted by Crippen LogP contribution is -2.07. The fourth-order valence-corrected chi connectivity index (χ4v) is 1.90. The first-order valence-corrected chi connectivity index (χ1v) is 5.52. The maximum atomic E-state index is 10.9. The quantitative estimate of drug-likeness (QED) is 0.716. The van der Waals surface area contributed by atoms with Gasteiger partial charge in [-0.05, 0) is 24.1 Å². The molecule has 0 aliphatic carbocycles. The van der Waals surface area contributed by atoms with Crippen LogP contribution in [0.2, 0.25) is 0 Å².